The van der Waals surface area contributed by atoms with E-state index in [2.05, 4.69) is 0 Å². The van der Waals surface area contributed by atoms with Crippen LogP contribution in [0.2, 0.25) is 0 Å². The molecule has 0 aromatic carbocycles. The van der Waals surface area contributed by atoms with E-state index in [1.807, 2.05) is 0 Å². The average molecular weight is 258 g/mol. The quantitative estimate of drug-likeness (QED) is 0.590. The third-order valence-electron chi connectivity index (χ3n) is 2.20. The van der Waals surface area contributed by atoms with Gasteiger partial charge in [0.25, 0.3) is 0 Å². The van der Waals surface area contributed by atoms with Gasteiger partial charge in [0.15, 0.2) is 0 Å². The van der Waals surface area contributed by atoms with Crippen molar-refractivity contribution >= 4 is 15.5 Å². The molecule has 0 amide bonds. The molecule has 1 spiro atoms. The summed E-state index contributed by atoms with van der Waals surface area (Å²) < 4.78 is 41.7. The van der Waals surface area contributed by atoms with Crippen LogP contribution in [0.5, 0.6) is 0 Å². The van der Waals surface area contributed by atoms with Crippen molar-refractivity contribution in [2.45, 2.75) is 0 Å². The molecule has 0 aromatic heterocycles. The second kappa shape index (κ2) is 3.61. The minimum absolute atomic E-state index is 0.0702. The number of hydrogen-bond acceptors (Lipinski definition) is 6. The van der Waals surface area contributed by atoms with Crippen molar-refractivity contribution in [1.29, 1.82) is 0 Å². The predicted octanol–water partition coefficient (Wildman–Crippen LogP) is 0.200. The van der Waals surface area contributed by atoms with Gasteiger partial charge in [-0.25, -0.2) is 20.1 Å². The number of rotatable bonds is 0. The maximum atomic E-state index is 11.2. The Balaban J connectivity index is 2.01. The highest BCUT2D eigenvalue weighted by Gasteiger charge is 2.46. The van der Waals surface area contributed by atoms with Gasteiger partial charge in [0.1, 0.15) is 0 Å². The Labute approximate surface area is 86.4 Å². The second-order valence-corrected chi connectivity index (χ2v) is 6.87. The summed E-state index contributed by atoms with van der Waals surface area (Å²) in [4.78, 5) is 0. The molecule has 2 aliphatic heterocycles. The van der Waals surface area contributed by atoms with E-state index in [9.17, 15) is 9.13 Å². The van der Waals surface area contributed by atoms with Crippen molar-refractivity contribution in [3.05, 3.63) is 0 Å². The summed E-state index contributed by atoms with van der Waals surface area (Å²) in [6.45, 7) is 0.281. The molecule has 8 nitrogen and oxygen atoms in total. The van der Waals surface area contributed by atoms with Crippen LogP contribution in [0.15, 0.2) is 0 Å². The average Bonchev–Trinajstić information content (AvgIpc) is 2.15. The maximum Gasteiger partial charge on any atom is 0.402 e. The van der Waals surface area contributed by atoms with E-state index in [4.69, 9.17) is 29.1 Å². The Hall–Kier alpha value is 0.220. The molecule has 0 saturated carbocycles. The first-order valence-electron chi connectivity index (χ1n) is 4.18. The summed E-state index contributed by atoms with van der Waals surface area (Å²) in [5, 5.41) is 0. The van der Waals surface area contributed by atoms with Gasteiger partial charge in [-0.15, -0.1) is 0 Å². The molecule has 0 radical (unpaired) electrons. The Morgan fingerprint density at radius 1 is 0.800 bits per heavy atom. The van der Waals surface area contributed by atoms with Crippen molar-refractivity contribution in [2.75, 3.05) is 26.4 Å². The summed E-state index contributed by atoms with van der Waals surface area (Å²) in [7, 11) is -6.85. The molecule has 0 atom stereocenters. The fourth-order valence-corrected chi connectivity index (χ4v) is 3.20. The summed E-state index contributed by atoms with van der Waals surface area (Å²) in [5.41, 5.74) is 9.72. The minimum Gasteiger partial charge on any atom is -0.296 e. The molecule has 2 saturated heterocycles. The molecule has 10 heteroatoms. The number of hydrogen-bond donors (Lipinski definition) is 2. The molecule has 0 unspecified atom stereocenters. The van der Waals surface area contributed by atoms with E-state index in [0.29, 0.717) is 0 Å². The molecule has 2 aliphatic rings. The van der Waals surface area contributed by atoms with E-state index < -0.39 is 20.9 Å². The van der Waals surface area contributed by atoms with Crippen LogP contribution < -0.4 is 11.0 Å². The van der Waals surface area contributed by atoms with E-state index >= 15 is 0 Å². The minimum atomic E-state index is -3.42. The first-order chi connectivity index (χ1) is 6.83. The monoisotopic (exact) mass is 258 g/mol. The van der Waals surface area contributed by atoms with Gasteiger partial charge >= 0.3 is 15.5 Å². The molecule has 2 heterocycles. The van der Waals surface area contributed by atoms with Gasteiger partial charge in [0.2, 0.25) is 0 Å². The van der Waals surface area contributed by atoms with Crippen LogP contribution in [-0.2, 0) is 27.2 Å². The number of nitrogens with two attached hydrogens (primary N) is 2. The van der Waals surface area contributed by atoms with Crippen molar-refractivity contribution in [3.63, 3.8) is 0 Å². The highest BCUT2D eigenvalue weighted by molar-refractivity contribution is 7.51. The van der Waals surface area contributed by atoms with Crippen LogP contribution in [0.25, 0.3) is 0 Å². The lowest BCUT2D eigenvalue weighted by Gasteiger charge is -2.40. The van der Waals surface area contributed by atoms with Crippen LogP contribution in [0, 0.1) is 5.41 Å². The van der Waals surface area contributed by atoms with Gasteiger partial charge in [0, 0.05) is 0 Å². The zero-order chi connectivity index (χ0) is 11.2. The fraction of sp³-hybridized carbons (Fsp3) is 1.00. The lowest BCUT2D eigenvalue weighted by atomic mass is 9.93. The Morgan fingerprint density at radius 2 is 1.07 bits per heavy atom. The lowest BCUT2D eigenvalue weighted by molar-refractivity contribution is -0.0685. The van der Waals surface area contributed by atoms with E-state index in [0.717, 1.165) is 0 Å². The maximum absolute atomic E-state index is 11.2. The highest BCUT2D eigenvalue weighted by Crippen LogP contribution is 2.52. The van der Waals surface area contributed by atoms with Crippen LogP contribution >= 0.6 is 15.5 Å². The van der Waals surface area contributed by atoms with Gasteiger partial charge in [-0.2, -0.15) is 0 Å². The zero-order valence-corrected chi connectivity index (χ0v) is 9.62. The van der Waals surface area contributed by atoms with Crippen LogP contribution in [0.4, 0.5) is 0 Å². The highest BCUT2D eigenvalue weighted by atomic mass is 31.2. The van der Waals surface area contributed by atoms with Crippen LogP contribution in [0.3, 0.4) is 0 Å². The van der Waals surface area contributed by atoms with Crippen LogP contribution in [-0.4, -0.2) is 26.4 Å². The predicted molar refractivity (Wildman–Crippen MR) is 49.8 cm³/mol. The molecule has 2 rings (SSSR count). The van der Waals surface area contributed by atoms with Crippen molar-refractivity contribution in [3.8, 4) is 0 Å². The third kappa shape index (κ3) is 2.67. The molecule has 0 bridgehead atoms. The van der Waals surface area contributed by atoms with Gasteiger partial charge in [0.05, 0.1) is 31.8 Å². The van der Waals surface area contributed by atoms with E-state index in [-0.39, 0.29) is 26.4 Å². The van der Waals surface area contributed by atoms with Crippen molar-refractivity contribution in [1.82, 2.24) is 0 Å². The Morgan fingerprint density at radius 3 is 1.33 bits per heavy atom. The topological polar surface area (TPSA) is 123 Å². The molecule has 4 N–H and O–H groups in total. The Bertz CT molecular complexity index is 298. The zero-order valence-electron chi connectivity index (χ0n) is 7.83. The molecular formula is C5H12N2O6P2. The Kier molecular flexibility index (Phi) is 2.82. The van der Waals surface area contributed by atoms with Crippen molar-refractivity contribution < 1.29 is 27.2 Å². The van der Waals surface area contributed by atoms with Crippen molar-refractivity contribution in [2.24, 2.45) is 16.4 Å². The smallest absolute Gasteiger partial charge is 0.296 e. The summed E-state index contributed by atoms with van der Waals surface area (Å²) in [5.74, 6) is 0. The molecule has 15 heavy (non-hydrogen) atoms. The standard InChI is InChI=1S/C5H12N2O6P2/c6-14(8)10-1-5(2-11-14)3-12-15(7,9)13-4-5/h1-4H2,(H2,6,8)(H2,7,9). The third-order valence-corrected chi connectivity index (χ3v) is 4.16. The SMILES string of the molecule is NP1(=O)OCC2(CO1)COP(N)(=O)OC2. The van der Waals surface area contributed by atoms with Gasteiger partial charge < -0.3 is 0 Å². The molecular weight excluding hydrogens is 246 g/mol. The molecule has 2 fully saturated rings. The largest absolute Gasteiger partial charge is 0.402 e. The van der Waals surface area contributed by atoms with Gasteiger partial charge in [-0.1, -0.05) is 0 Å². The van der Waals surface area contributed by atoms with E-state index in [1.165, 1.54) is 0 Å². The van der Waals surface area contributed by atoms with Crippen LogP contribution in [0.1, 0.15) is 0 Å². The van der Waals surface area contributed by atoms with Gasteiger partial charge in [-0.3, -0.25) is 18.1 Å². The first kappa shape index (κ1) is 11.7. The molecule has 88 valence electrons. The summed E-state index contributed by atoms with van der Waals surface area (Å²) >= 11 is 0. The first-order valence-corrected chi connectivity index (χ1v) is 7.40. The summed E-state index contributed by atoms with van der Waals surface area (Å²) in [6, 6.07) is 0. The lowest BCUT2D eigenvalue weighted by Crippen LogP contribution is -2.46. The van der Waals surface area contributed by atoms with Gasteiger partial charge in [-0.05, 0) is 0 Å². The fourth-order valence-electron chi connectivity index (χ4n) is 1.23. The normalized spacial score (nSPS) is 51.9. The van der Waals surface area contributed by atoms with E-state index in [1.54, 1.807) is 0 Å². The molecule has 0 aliphatic carbocycles. The molecule has 0 aromatic rings. The second-order valence-electron chi connectivity index (χ2n) is 3.67. The summed E-state index contributed by atoms with van der Waals surface area (Å²) in [6.07, 6.45) is 0.